The van der Waals surface area contributed by atoms with Gasteiger partial charge in [-0.05, 0) is 25.0 Å². The summed E-state index contributed by atoms with van der Waals surface area (Å²) in [6, 6.07) is 0. The molecule has 0 bridgehead atoms. The van der Waals surface area contributed by atoms with Crippen LogP contribution >= 0.6 is 37.7 Å². The number of thiocarbonyl (C=S) groups is 1. The number of hydrogen-bond acceptors (Lipinski definition) is 4. The molecule has 0 saturated heterocycles. The first-order chi connectivity index (χ1) is 4.18. The lowest BCUT2D eigenvalue weighted by Crippen LogP contribution is -2.43. The van der Waals surface area contributed by atoms with Crippen molar-refractivity contribution in [3.63, 3.8) is 0 Å². The quantitative estimate of drug-likeness (QED) is 0.317. The van der Waals surface area contributed by atoms with Crippen LogP contribution in [-0.2, 0) is 0 Å². The zero-order valence-electron chi connectivity index (χ0n) is 4.33. The molecular weight excluding hydrogens is 174 g/mol. The van der Waals surface area contributed by atoms with E-state index in [0.29, 0.717) is 10.1 Å². The first kappa shape index (κ1) is 7.04. The van der Waals surface area contributed by atoms with Crippen molar-refractivity contribution in [2.24, 2.45) is 0 Å². The molecule has 0 fully saturated rings. The van der Waals surface area contributed by atoms with Gasteiger partial charge >= 0.3 is 0 Å². The smallest absolute Gasteiger partial charge is 0.191 e. The Labute approximate surface area is 69.4 Å². The SMILES string of the molecule is S=C1NC(S)=CN(S)N1. The predicted octanol–water partition coefficient (Wildman–Crippen LogP) is 0.255. The molecule has 1 heterocycles. The highest BCUT2D eigenvalue weighted by molar-refractivity contribution is 7.85. The molecule has 1 rings (SSSR count). The Morgan fingerprint density at radius 2 is 2.33 bits per heavy atom. The molecule has 1 aliphatic heterocycles. The van der Waals surface area contributed by atoms with E-state index in [1.165, 1.54) is 4.41 Å². The summed E-state index contributed by atoms with van der Waals surface area (Å²) in [7, 11) is 0. The van der Waals surface area contributed by atoms with Crippen molar-refractivity contribution in [2.45, 2.75) is 0 Å². The van der Waals surface area contributed by atoms with Crippen LogP contribution in [0, 0.1) is 0 Å². The Kier molecular flexibility index (Phi) is 2.09. The zero-order chi connectivity index (χ0) is 6.85. The van der Waals surface area contributed by atoms with Crippen LogP contribution in [0.5, 0.6) is 0 Å². The van der Waals surface area contributed by atoms with Crippen LogP contribution in [0.25, 0.3) is 0 Å². The van der Waals surface area contributed by atoms with Crippen LogP contribution in [0.1, 0.15) is 0 Å². The topological polar surface area (TPSA) is 27.3 Å². The average Bonchev–Trinajstić information content (AvgIpc) is 1.59. The Hall–Kier alpha value is -0.0700. The van der Waals surface area contributed by atoms with Crippen LogP contribution < -0.4 is 10.7 Å². The van der Waals surface area contributed by atoms with Gasteiger partial charge in [0.15, 0.2) is 5.11 Å². The molecule has 0 aromatic heterocycles. The van der Waals surface area contributed by atoms with Crippen LogP contribution in [0.3, 0.4) is 0 Å². The summed E-state index contributed by atoms with van der Waals surface area (Å²) < 4.78 is 1.43. The second-order valence-corrected chi connectivity index (χ2v) is 2.75. The highest BCUT2D eigenvalue weighted by Gasteiger charge is 2.05. The maximum Gasteiger partial charge on any atom is 0.191 e. The Morgan fingerprint density at radius 1 is 1.67 bits per heavy atom. The van der Waals surface area contributed by atoms with E-state index in [4.69, 9.17) is 12.2 Å². The van der Waals surface area contributed by atoms with Gasteiger partial charge in [0.05, 0.1) is 11.2 Å². The number of nitrogens with zero attached hydrogens (tertiary/aromatic N) is 1. The molecule has 1 aliphatic rings. The monoisotopic (exact) mass is 179 g/mol. The van der Waals surface area contributed by atoms with Gasteiger partial charge in [0.2, 0.25) is 0 Å². The van der Waals surface area contributed by atoms with Crippen molar-refractivity contribution in [1.29, 1.82) is 0 Å². The van der Waals surface area contributed by atoms with E-state index in [1.807, 2.05) is 0 Å². The molecule has 2 N–H and O–H groups in total. The molecular formula is C3H5N3S3. The Balaban J connectivity index is 2.67. The van der Waals surface area contributed by atoms with E-state index < -0.39 is 0 Å². The van der Waals surface area contributed by atoms with Crippen LogP contribution in [0.15, 0.2) is 11.2 Å². The highest BCUT2D eigenvalue weighted by Crippen LogP contribution is 2.03. The lowest BCUT2D eigenvalue weighted by Gasteiger charge is -2.22. The molecule has 50 valence electrons. The minimum absolute atomic E-state index is 0.498. The maximum absolute atomic E-state index is 4.76. The minimum Gasteiger partial charge on any atom is -0.325 e. The van der Waals surface area contributed by atoms with Crippen molar-refractivity contribution >= 4 is 42.8 Å². The maximum atomic E-state index is 4.76. The molecule has 0 radical (unpaired) electrons. The zero-order valence-corrected chi connectivity index (χ0v) is 6.93. The summed E-state index contributed by atoms with van der Waals surface area (Å²) in [5, 5.41) is 3.94. The third kappa shape index (κ3) is 1.96. The molecule has 0 spiro atoms. The summed E-state index contributed by atoms with van der Waals surface area (Å²) in [5.74, 6) is 0. The van der Waals surface area contributed by atoms with Crippen molar-refractivity contribution in [1.82, 2.24) is 15.2 Å². The summed E-state index contributed by atoms with van der Waals surface area (Å²) in [5.41, 5.74) is 2.70. The first-order valence-electron chi connectivity index (χ1n) is 2.15. The molecule has 0 unspecified atom stereocenters. The average molecular weight is 179 g/mol. The van der Waals surface area contributed by atoms with Crippen LogP contribution in [-0.4, -0.2) is 9.53 Å². The summed E-state index contributed by atoms with van der Waals surface area (Å²) in [6.07, 6.45) is 1.65. The van der Waals surface area contributed by atoms with Gasteiger partial charge in [0, 0.05) is 0 Å². The Morgan fingerprint density at radius 3 is 2.78 bits per heavy atom. The number of nitrogens with one attached hydrogen (secondary N) is 2. The fraction of sp³-hybridized carbons (Fsp3) is 0. The van der Waals surface area contributed by atoms with Crippen molar-refractivity contribution in [3.05, 3.63) is 11.2 Å². The van der Waals surface area contributed by atoms with Gasteiger partial charge in [-0.1, -0.05) is 0 Å². The van der Waals surface area contributed by atoms with Gasteiger partial charge in [0.25, 0.3) is 0 Å². The Bertz CT molecular complexity index is 166. The summed E-state index contributed by atoms with van der Waals surface area (Å²) in [6.45, 7) is 0. The van der Waals surface area contributed by atoms with E-state index in [1.54, 1.807) is 6.20 Å². The number of rotatable bonds is 0. The van der Waals surface area contributed by atoms with Gasteiger partial charge in [-0.25, -0.2) is 4.41 Å². The lowest BCUT2D eigenvalue weighted by atomic mass is 10.8. The van der Waals surface area contributed by atoms with Crippen molar-refractivity contribution in [2.75, 3.05) is 0 Å². The van der Waals surface area contributed by atoms with Gasteiger partial charge in [0.1, 0.15) is 0 Å². The van der Waals surface area contributed by atoms with E-state index in [0.717, 1.165) is 0 Å². The number of hydrogen-bond donors (Lipinski definition) is 4. The van der Waals surface area contributed by atoms with Gasteiger partial charge in [-0.3, -0.25) is 5.43 Å². The normalized spacial score (nSPS) is 18.2. The fourth-order valence-electron chi connectivity index (χ4n) is 0.429. The molecule has 9 heavy (non-hydrogen) atoms. The molecule has 3 nitrogen and oxygen atoms in total. The lowest BCUT2D eigenvalue weighted by molar-refractivity contribution is 0.554. The summed E-state index contributed by atoms with van der Waals surface area (Å²) >= 11 is 12.7. The number of thiol groups is 2. The van der Waals surface area contributed by atoms with E-state index in [9.17, 15) is 0 Å². The van der Waals surface area contributed by atoms with Gasteiger partial charge < -0.3 is 5.32 Å². The molecule has 6 heteroatoms. The van der Waals surface area contributed by atoms with E-state index in [2.05, 4.69) is 36.2 Å². The second-order valence-electron chi connectivity index (χ2n) is 1.42. The number of hydrazine groups is 1. The van der Waals surface area contributed by atoms with E-state index >= 15 is 0 Å². The van der Waals surface area contributed by atoms with Crippen LogP contribution in [0.2, 0.25) is 0 Å². The minimum atomic E-state index is 0.498. The van der Waals surface area contributed by atoms with Gasteiger partial charge in [-0.2, -0.15) is 0 Å². The fourth-order valence-corrected chi connectivity index (χ4v) is 1.31. The van der Waals surface area contributed by atoms with Gasteiger partial charge in [-0.15, -0.1) is 12.6 Å². The van der Waals surface area contributed by atoms with Crippen LogP contribution in [0.4, 0.5) is 0 Å². The predicted molar refractivity (Wildman–Crippen MR) is 46.8 cm³/mol. The van der Waals surface area contributed by atoms with Crippen molar-refractivity contribution < 1.29 is 0 Å². The summed E-state index contributed by atoms with van der Waals surface area (Å²) in [4.78, 5) is 0. The molecule has 0 aromatic carbocycles. The standard InChI is InChI=1S/C3H5N3S3/c7-2-1-6(9)5-3(8)4-2/h1,7,9H,(H2,4,5,8). The largest absolute Gasteiger partial charge is 0.325 e. The van der Waals surface area contributed by atoms with E-state index in [-0.39, 0.29) is 0 Å². The third-order valence-electron chi connectivity index (χ3n) is 0.702. The third-order valence-corrected chi connectivity index (χ3v) is 1.34. The molecule has 0 aromatic rings. The molecule has 0 saturated carbocycles. The highest BCUT2D eigenvalue weighted by atomic mass is 32.1. The van der Waals surface area contributed by atoms with Crippen molar-refractivity contribution in [3.8, 4) is 0 Å². The molecule has 0 aliphatic carbocycles. The first-order valence-corrected chi connectivity index (χ1v) is 3.40. The molecule has 0 amide bonds. The second kappa shape index (κ2) is 2.68. The molecule has 0 atom stereocenters.